The molecule has 146 valence electrons. The lowest BCUT2D eigenvalue weighted by atomic mass is 10.1. The van der Waals surface area contributed by atoms with Gasteiger partial charge in [-0.25, -0.2) is 0 Å². The summed E-state index contributed by atoms with van der Waals surface area (Å²) in [6.07, 6.45) is 0. The minimum atomic E-state index is -0.495. The van der Waals surface area contributed by atoms with E-state index in [1.165, 1.54) is 38.3 Å². The van der Waals surface area contributed by atoms with E-state index in [1.54, 1.807) is 6.07 Å². The van der Waals surface area contributed by atoms with Gasteiger partial charge in [-0.05, 0) is 24.6 Å². The number of halogens is 1. The zero-order chi connectivity index (χ0) is 20.3. The minimum Gasteiger partial charge on any atom is -0.493 e. The number of hydrogen-bond donors (Lipinski definition) is 1. The molecule has 0 aliphatic heterocycles. The number of anilines is 1. The average Bonchev–Trinajstić information content (AvgIpc) is 3.16. The summed E-state index contributed by atoms with van der Waals surface area (Å²) in [5, 5.41) is 10.9. The van der Waals surface area contributed by atoms with Gasteiger partial charge >= 0.3 is 6.01 Å². The molecule has 1 aromatic heterocycles. The van der Waals surface area contributed by atoms with Crippen molar-refractivity contribution in [3.8, 4) is 22.9 Å². The van der Waals surface area contributed by atoms with Gasteiger partial charge in [0.2, 0.25) is 11.0 Å². The number of carbonyl (C=O) groups excluding carboxylic acids is 1. The lowest BCUT2D eigenvalue weighted by Gasteiger charge is -2.13. The Labute approximate surface area is 165 Å². The van der Waals surface area contributed by atoms with Gasteiger partial charge in [-0.15, -0.1) is 0 Å². The van der Waals surface area contributed by atoms with Crippen LogP contribution in [0.2, 0.25) is 5.02 Å². The van der Waals surface area contributed by atoms with Crippen molar-refractivity contribution in [3.05, 3.63) is 46.5 Å². The number of amides is 1. The number of aryl methyl sites for hydroxylation is 1. The molecule has 0 unspecified atom stereocenters. The second-order valence-corrected chi connectivity index (χ2v) is 6.02. The van der Waals surface area contributed by atoms with Crippen molar-refractivity contribution < 1.29 is 28.3 Å². The number of benzene rings is 2. The van der Waals surface area contributed by atoms with Crippen LogP contribution in [0.3, 0.4) is 0 Å². The fourth-order valence-electron chi connectivity index (χ4n) is 2.51. The first-order valence-corrected chi connectivity index (χ1v) is 8.49. The Hall–Kier alpha value is -3.33. The molecule has 10 heteroatoms. The summed E-state index contributed by atoms with van der Waals surface area (Å²) in [4.78, 5) is 13.8. The van der Waals surface area contributed by atoms with E-state index in [4.69, 9.17) is 30.3 Å². The van der Waals surface area contributed by atoms with Crippen LogP contribution in [0, 0.1) is 6.92 Å². The van der Waals surface area contributed by atoms with Crippen LogP contribution in [0.1, 0.15) is 15.9 Å². The van der Waals surface area contributed by atoms with Gasteiger partial charge in [0.25, 0.3) is 11.6 Å². The molecule has 28 heavy (non-hydrogen) atoms. The Morgan fingerprint density at radius 2 is 1.82 bits per heavy atom. The smallest absolute Gasteiger partial charge is 0.396 e. The molecule has 0 aliphatic rings. The molecule has 0 aliphatic carbocycles. The number of rotatable bonds is 6. The normalized spacial score (nSPS) is 10.5. The summed E-state index contributed by atoms with van der Waals surface area (Å²) in [6, 6.07) is 8.33. The van der Waals surface area contributed by atoms with Crippen molar-refractivity contribution >= 4 is 23.5 Å². The predicted molar refractivity (Wildman–Crippen MR) is 99.6 cm³/mol. The molecule has 0 saturated carbocycles. The van der Waals surface area contributed by atoms with Gasteiger partial charge in [0.1, 0.15) is 9.82 Å². The van der Waals surface area contributed by atoms with E-state index >= 15 is 0 Å². The van der Waals surface area contributed by atoms with Crippen molar-refractivity contribution in [2.24, 2.45) is 0 Å². The highest BCUT2D eigenvalue weighted by Crippen LogP contribution is 2.38. The Kier molecular flexibility index (Phi) is 5.65. The van der Waals surface area contributed by atoms with E-state index in [1.807, 2.05) is 19.1 Å². The van der Waals surface area contributed by atoms with Crippen LogP contribution in [0.25, 0.3) is 5.69 Å². The van der Waals surface area contributed by atoms with Crippen LogP contribution in [0.4, 0.5) is 6.01 Å². The second-order valence-electron chi connectivity index (χ2n) is 5.64. The third-order valence-corrected chi connectivity index (χ3v) is 4.42. The highest BCUT2D eigenvalue weighted by molar-refractivity contribution is 6.32. The summed E-state index contributed by atoms with van der Waals surface area (Å²) in [5.74, 6) is 0.579. The number of nitrogens with zero attached hydrogens (tertiary/aromatic N) is 3. The maximum Gasteiger partial charge on any atom is 0.396 e. The van der Waals surface area contributed by atoms with Crippen LogP contribution in [-0.2, 0) is 0 Å². The van der Waals surface area contributed by atoms with Crippen LogP contribution < -0.4 is 24.3 Å². The molecule has 9 nitrogen and oxygen atoms in total. The standard InChI is InChI=1S/C18H17ClN4O5/c1-10-6-5-7-12(15(10)19)23-21-18(28-22-23)20-17(24)11-8-13(25-2)16(27-4)14(9-11)26-3/h5-9H,1-4H3/p+1. The molecule has 0 fully saturated rings. The molecule has 0 bridgehead atoms. The maximum absolute atomic E-state index is 12.6. The van der Waals surface area contributed by atoms with E-state index in [0.717, 1.165) is 5.56 Å². The Morgan fingerprint density at radius 1 is 1.14 bits per heavy atom. The van der Waals surface area contributed by atoms with E-state index in [2.05, 4.69) is 15.7 Å². The molecule has 0 atom stereocenters. The molecule has 1 N–H and O–H groups in total. The van der Waals surface area contributed by atoms with Gasteiger partial charge in [-0.2, -0.15) is 0 Å². The van der Waals surface area contributed by atoms with Gasteiger partial charge < -0.3 is 14.2 Å². The zero-order valence-electron chi connectivity index (χ0n) is 15.6. The molecular weight excluding hydrogens is 388 g/mol. The number of carbonyl (C=O) groups is 1. The van der Waals surface area contributed by atoms with Crippen LogP contribution >= 0.6 is 11.6 Å². The summed E-state index contributed by atoms with van der Waals surface area (Å²) < 4.78 is 20.8. The molecule has 0 saturated heterocycles. The topological polar surface area (TPSA) is 99.6 Å². The minimum absolute atomic E-state index is 0.101. The molecule has 0 spiro atoms. The summed E-state index contributed by atoms with van der Waals surface area (Å²) in [6.45, 7) is 1.86. The quantitative estimate of drug-likeness (QED) is 0.629. The predicted octanol–water partition coefficient (Wildman–Crippen LogP) is 2.59. The summed E-state index contributed by atoms with van der Waals surface area (Å²) >= 11 is 6.26. The van der Waals surface area contributed by atoms with Crippen LogP contribution in [0.5, 0.6) is 17.2 Å². The van der Waals surface area contributed by atoms with Gasteiger partial charge in [-0.1, -0.05) is 23.7 Å². The molecular formula is C18H18ClN4O5+. The third kappa shape index (κ3) is 3.70. The first-order valence-electron chi connectivity index (χ1n) is 8.11. The van der Waals surface area contributed by atoms with Crippen molar-refractivity contribution in [3.63, 3.8) is 0 Å². The lowest BCUT2D eigenvalue weighted by molar-refractivity contribution is -0.724. The zero-order valence-corrected chi connectivity index (χ0v) is 16.4. The number of nitrogens with one attached hydrogen (secondary N) is 1. The molecule has 3 aromatic rings. The number of ether oxygens (including phenoxy) is 3. The molecule has 1 amide bonds. The third-order valence-electron chi connectivity index (χ3n) is 3.92. The van der Waals surface area contributed by atoms with Gasteiger partial charge in [0.15, 0.2) is 11.5 Å². The van der Waals surface area contributed by atoms with Crippen molar-refractivity contribution in [2.75, 3.05) is 26.6 Å². The SMILES string of the molecule is COc1cc(C(=O)Nc2n[n+](-c3cccc(C)c3Cl)no2)cc(OC)c1OC. The van der Waals surface area contributed by atoms with E-state index < -0.39 is 5.91 Å². The van der Waals surface area contributed by atoms with E-state index in [9.17, 15) is 4.79 Å². The first-order chi connectivity index (χ1) is 13.5. The first kappa shape index (κ1) is 19.4. The van der Waals surface area contributed by atoms with Crippen LogP contribution in [-0.4, -0.2) is 37.6 Å². The van der Waals surface area contributed by atoms with Crippen molar-refractivity contribution in [2.45, 2.75) is 6.92 Å². The van der Waals surface area contributed by atoms with Crippen LogP contribution in [0.15, 0.2) is 34.9 Å². The van der Waals surface area contributed by atoms with Gasteiger partial charge in [-0.3, -0.25) is 14.6 Å². The number of aromatic nitrogens is 3. The molecule has 3 rings (SSSR count). The van der Waals surface area contributed by atoms with E-state index in [-0.39, 0.29) is 11.6 Å². The highest BCUT2D eigenvalue weighted by Gasteiger charge is 2.24. The monoisotopic (exact) mass is 405 g/mol. The summed E-state index contributed by atoms with van der Waals surface area (Å²) in [5.41, 5.74) is 1.64. The van der Waals surface area contributed by atoms with Crippen molar-refractivity contribution in [1.29, 1.82) is 0 Å². The largest absolute Gasteiger partial charge is 0.493 e. The van der Waals surface area contributed by atoms with E-state index in [0.29, 0.717) is 28.0 Å². The Morgan fingerprint density at radius 3 is 2.43 bits per heavy atom. The molecule has 2 aromatic carbocycles. The van der Waals surface area contributed by atoms with Gasteiger partial charge in [0.05, 0.1) is 26.4 Å². The highest BCUT2D eigenvalue weighted by atomic mass is 35.5. The number of hydrogen-bond acceptors (Lipinski definition) is 7. The average molecular weight is 406 g/mol. The maximum atomic E-state index is 12.6. The Bertz CT molecular complexity index is 996. The number of methoxy groups -OCH3 is 3. The summed E-state index contributed by atoms with van der Waals surface area (Å²) in [7, 11) is 4.41. The fraction of sp³-hybridized carbons (Fsp3) is 0.222. The fourth-order valence-corrected chi connectivity index (χ4v) is 2.72. The Balaban J connectivity index is 1.86. The molecule has 1 heterocycles. The van der Waals surface area contributed by atoms with Crippen molar-refractivity contribution in [1.82, 2.24) is 10.4 Å². The lowest BCUT2D eigenvalue weighted by Crippen LogP contribution is -2.36. The second kappa shape index (κ2) is 8.13. The van der Waals surface area contributed by atoms with Gasteiger partial charge in [0, 0.05) is 11.6 Å². The molecule has 0 radical (unpaired) electrons.